The number of nitrogens with one attached hydrogen (secondary N) is 1. The number of halogens is 2. The lowest BCUT2D eigenvalue weighted by Crippen LogP contribution is -2.23. The lowest BCUT2D eigenvalue weighted by molar-refractivity contribution is -0.113. The van der Waals surface area contributed by atoms with E-state index in [2.05, 4.69) is 16.9 Å². The summed E-state index contributed by atoms with van der Waals surface area (Å²) in [6.07, 6.45) is 1.62. The Balaban J connectivity index is 1.81. The lowest BCUT2D eigenvalue weighted by Gasteiger charge is -2.12. The molecule has 0 aliphatic rings. The van der Waals surface area contributed by atoms with Crippen LogP contribution >= 0.6 is 35.0 Å². The van der Waals surface area contributed by atoms with E-state index in [4.69, 9.17) is 23.2 Å². The molecule has 1 heterocycles. The zero-order valence-electron chi connectivity index (χ0n) is 14.1. The van der Waals surface area contributed by atoms with E-state index in [1.165, 1.54) is 16.3 Å². The molecule has 138 valence electrons. The van der Waals surface area contributed by atoms with Crippen LogP contribution in [0.5, 0.6) is 0 Å². The van der Waals surface area contributed by atoms with Gasteiger partial charge in [0.05, 0.1) is 27.4 Å². The summed E-state index contributed by atoms with van der Waals surface area (Å²) in [5, 5.41) is 4.55. The van der Waals surface area contributed by atoms with Crippen molar-refractivity contribution in [3.63, 3.8) is 0 Å². The van der Waals surface area contributed by atoms with Crippen molar-refractivity contribution in [1.29, 1.82) is 0 Å². The first-order valence-corrected chi connectivity index (χ1v) is 9.72. The smallest absolute Gasteiger partial charge is 0.262 e. The minimum absolute atomic E-state index is 0.0703. The third-order valence-corrected chi connectivity index (χ3v) is 5.20. The number of thioether (sulfide) groups is 1. The first-order valence-electron chi connectivity index (χ1n) is 7.98. The van der Waals surface area contributed by atoms with Crippen LogP contribution in [0.1, 0.15) is 0 Å². The highest BCUT2D eigenvalue weighted by Crippen LogP contribution is 2.26. The summed E-state index contributed by atoms with van der Waals surface area (Å²) < 4.78 is 1.50. The molecule has 1 aromatic heterocycles. The Labute approximate surface area is 170 Å². The highest BCUT2D eigenvalue weighted by Gasteiger charge is 2.13. The van der Waals surface area contributed by atoms with Crippen LogP contribution in [0.25, 0.3) is 10.9 Å². The minimum Gasteiger partial charge on any atom is -0.324 e. The second-order valence-electron chi connectivity index (χ2n) is 5.58. The first-order chi connectivity index (χ1) is 13.0. The van der Waals surface area contributed by atoms with Gasteiger partial charge in [0.15, 0.2) is 5.16 Å². The summed E-state index contributed by atoms with van der Waals surface area (Å²) in [4.78, 5) is 29.5. The van der Waals surface area contributed by atoms with Crippen LogP contribution in [-0.4, -0.2) is 21.2 Å². The van der Waals surface area contributed by atoms with Crippen LogP contribution in [0.4, 0.5) is 5.69 Å². The summed E-state index contributed by atoms with van der Waals surface area (Å²) in [5.74, 6) is -0.197. The molecule has 0 unspecified atom stereocenters. The van der Waals surface area contributed by atoms with Crippen molar-refractivity contribution in [2.75, 3.05) is 11.1 Å². The third kappa shape index (κ3) is 4.53. The maximum Gasteiger partial charge on any atom is 0.262 e. The van der Waals surface area contributed by atoms with Crippen LogP contribution in [-0.2, 0) is 11.3 Å². The zero-order chi connectivity index (χ0) is 19.4. The number of carbonyl (C=O) groups is 1. The maximum absolute atomic E-state index is 12.7. The monoisotopic (exact) mass is 419 g/mol. The number of benzene rings is 2. The van der Waals surface area contributed by atoms with Crippen LogP contribution in [0.3, 0.4) is 0 Å². The van der Waals surface area contributed by atoms with E-state index in [0.717, 1.165) is 0 Å². The van der Waals surface area contributed by atoms with Crippen molar-refractivity contribution in [2.45, 2.75) is 11.7 Å². The van der Waals surface area contributed by atoms with Gasteiger partial charge in [-0.05, 0) is 30.3 Å². The number of aromatic nitrogens is 2. The predicted octanol–water partition coefficient (Wildman–Crippen LogP) is 4.62. The Morgan fingerprint density at radius 3 is 2.78 bits per heavy atom. The standard InChI is InChI=1S/C19H15Cl2N3O2S/c1-2-9-24-18(26)13-5-3-4-6-15(13)23-19(24)27-11-17(25)22-16-8-7-12(20)10-14(16)21/h2-8,10H,1,9,11H2,(H,22,25). The number of rotatable bonds is 6. The molecule has 0 atom stereocenters. The molecule has 0 fully saturated rings. The van der Waals surface area contributed by atoms with E-state index in [9.17, 15) is 9.59 Å². The molecule has 2 aromatic carbocycles. The van der Waals surface area contributed by atoms with Gasteiger partial charge in [0.2, 0.25) is 5.91 Å². The molecule has 27 heavy (non-hydrogen) atoms. The van der Waals surface area contributed by atoms with Gasteiger partial charge >= 0.3 is 0 Å². The van der Waals surface area contributed by atoms with Gasteiger partial charge in [0.25, 0.3) is 5.56 Å². The van der Waals surface area contributed by atoms with Gasteiger partial charge in [-0.25, -0.2) is 4.98 Å². The van der Waals surface area contributed by atoms with Gasteiger partial charge in [-0.15, -0.1) is 6.58 Å². The fourth-order valence-electron chi connectivity index (χ4n) is 2.46. The molecule has 0 spiro atoms. The van der Waals surface area contributed by atoms with Gasteiger partial charge in [-0.3, -0.25) is 14.2 Å². The number of para-hydroxylation sites is 1. The SMILES string of the molecule is C=CCn1c(SCC(=O)Nc2ccc(Cl)cc2Cl)nc2ccccc2c1=O. The molecule has 0 aliphatic carbocycles. The highest BCUT2D eigenvalue weighted by molar-refractivity contribution is 7.99. The number of anilines is 1. The summed E-state index contributed by atoms with van der Waals surface area (Å²) >= 11 is 13.1. The normalized spacial score (nSPS) is 10.7. The number of allylic oxidation sites excluding steroid dienone is 1. The number of carbonyl (C=O) groups excluding carboxylic acids is 1. The van der Waals surface area contributed by atoms with Gasteiger partial charge in [-0.1, -0.05) is 53.2 Å². The van der Waals surface area contributed by atoms with Crippen molar-refractivity contribution in [3.8, 4) is 0 Å². The molecule has 0 saturated carbocycles. The van der Waals surface area contributed by atoms with E-state index in [0.29, 0.717) is 38.3 Å². The van der Waals surface area contributed by atoms with Gasteiger partial charge in [0.1, 0.15) is 0 Å². The van der Waals surface area contributed by atoms with Crippen LogP contribution < -0.4 is 10.9 Å². The molecule has 1 amide bonds. The highest BCUT2D eigenvalue weighted by atomic mass is 35.5. The first kappa shape index (κ1) is 19.5. The molecule has 3 aromatic rings. The molecular weight excluding hydrogens is 405 g/mol. The second kappa shape index (κ2) is 8.61. The van der Waals surface area contributed by atoms with Gasteiger partial charge in [-0.2, -0.15) is 0 Å². The number of hydrogen-bond acceptors (Lipinski definition) is 4. The molecule has 0 bridgehead atoms. The van der Waals surface area contributed by atoms with Crippen molar-refractivity contribution in [1.82, 2.24) is 9.55 Å². The molecule has 0 saturated heterocycles. The lowest BCUT2D eigenvalue weighted by atomic mass is 10.2. The van der Waals surface area contributed by atoms with E-state index in [-0.39, 0.29) is 17.2 Å². The largest absolute Gasteiger partial charge is 0.324 e. The van der Waals surface area contributed by atoms with E-state index in [1.54, 1.807) is 42.5 Å². The Morgan fingerprint density at radius 1 is 1.26 bits per heavy atom. The predicted molar refractivity (Wildman–Crippen MR) is 112 cm³/mol. The number of amides is 1. The quantitative estimate of drug-likeness (QED) is 0.359. The average molecular weight is 420 g/mol. The molecular formula is C19H15Cl2N3O2S. The number of fused-ring (bicyclic) bond motifs is 1. The van der Waals surface area contributed by atoms with Crippen LogP contribution in [0.15, 0.2) is 65.1 Å². The van der Waals surface area contributed by atoms with E-state index in [1.807, 2.05) is 6.07 Å². The summed E-state index contributed by atoms with van der Waals surface area (Å²) in [5.41, 5.74) is 0.900. The van der Waals surface area contributed by atoms with Crippen LogP contribution in [0, 0.1) is 0 Å². The zero-order valence-corrected chi connectivity index (χ0v) is 16.4. The van der Waals surface area contributed by atoms with Crippen molar-refractivity contribution < 1.29 is 4.79 Å². The average Bonchev–Trinajstić information content (AvgIpc) is 2.65. The van der Waals surface area contributed by atoms with Gasteiger partial charge in [0, 0.05) is 11.6 Å². The summed E-state index contributed by atoms with van der Waals surface area (Å²) in [6.45, 7) is 3.99. The third-order valence-electron chi connectivity index (χ3n) is 3.68. The minimum atomic E-state index is -0.267. The van der Waals surface area contributed by atoms with Crippen molar-refractivity contribution in [2.24, 2.45) is 0 Å². The number of hydrogen-bond donors (Lipinski definition) is 1. The summed E-state index contributed by atoms with van der Waals surface area (Å²) in [6, 6.07) is 11.9. The molecule has 8 heteroatoms. The summed E-state index contributed by atoms with van der Waals surface area (Å²) in [7, 11) is 0. The Bertz CT molecular complexity index is 1080. The topological polar surface area (TPSA) is 64.0 Å². The Kier molecular flexibility index (Phi) is 6.21. The second-order valence-corrected chi connectivity index (χ2v) is 7.36. The molecule has 1 N–H and O–H groups in total. The molecule has 3 rings (SSSR count). The molecule has 0 radical (unpaired) electrons. The Hall–Kier alpha value is -2.28. The Morgan fingerprint density at radius 2 is 2.04 bits per heavy atom. The maximum atomic E-state index is 12.7. The fraction of sp³-hybridized carbons (Fsp3) is 0.105. The number of nitrogens with zero attached hydrogens (tertiary/aromatic N) is 2. The fourth-order valence-corrected chi connectivity index (χ4v) is 3.72. The van der Waals surface area contributed by atoms with E-state index >= 15 is 0 Å². The van der Waals surface area contributed by atoms with Crippen molar-refractivity contribution in [3.05, 3.63) is 75.5 Å². The molecule has 5 nitrogen and oxygen atoms in total. The van der Waals surface area contributed by atoms with Gasteiger partial charge < -0.3 is 5.32 Å². The van der Waals surface area contributed by atoms with Crippen molar-refractivity contribution >= 4 is 57.5 Å². The molecule has 0 aliphatic heterocycles. The van der Waals surface area contributed by atoms with E-state index < -0.39 is 0 Å². The van der Waals surface area contributed by atoms with Crippen LogP contribution in [0.2, 0.25) is 10.0 Å².